The van der Waals surface area contributed by atoms with E-state index in [0.717, 1.165) is 4.31 Å². The highest BCUT2D eigenvalue weighted by Gasteiger charge is 2.34. The number of anilines is 1. The van der Waals surface area contributed by atoms with Crippen LogP contribution in [0.15, 0.2) is 65.6 Å². The second kappa shape index (κ2) is 14.8. The van der Waals surface area contributed by atoms with Crippen LogP contribution >= 0.6 is 11.6 Å². The van der Waals surface area contributed by atoms with E-state index in [4.69, 9.17) is 30.5 Å². The average molecular weight is 634 g/mol. The minimum Gasteiger partial charge on any atom is -0.497 e. The van der Waals surface area contributed by atoms with Crippen molar-refractivity contribution in [2.75, 3.05) is 45.8 Å². The number of halogens is 1. The Morgan fingerprint density at radius 2 is 1.49 bits per heavy atom. The van der Waals surface area contributed by atoms with Gasteiger partial charge in [0.1, 0.15) is 24.1 Å². The van der Waals surface area contributed by atoms with Crippen molar-refractivity contribution in [3.63, 3.8) is 0 Å². The number of nitrogens with zero attached hydrogens (tertiary/aromatic N) is 2. The van der Waals surface area contributed by atoms with Crippen LogP contribution in [0.1, 0.15) is 19.4 Å². The Morgan fingerprint density at radius 3 is 2.07 bits per heavy atom. The molecule has 1 atom stereocenters. The van der Waals surface area contributed by atoms with Gasteiger partial charge in [0.15, 0.2) is 11.5 Å². The highest BCUT2D eigenvalue weighted by Crippen LogP contribution is 2.37. The molecule has 1 N–H and O–H groups in total. The first kappa shape index (κ1) is 33.3. The predicted molar refractivity (Wildman–Crippen MR) is 164 cm³/mol. The molecule has 43 heavy (non-hydrogen) atoms. The van der Waals surface area contributed by atoms with Crippen LogP contribution in [0.5, 0.6) is 23.0 Å². The number of carbonyl (C=O) groups is 2. The first-order chi connectivity index (χ1) is 20.5. The first-order valence-corrected chi connectivity index (χ1v) is 15.1. The Labute approximate surface area is 257 Å². The van der Waals surface area contributed by atoms with Gasteiger partial charge in [0.25, 0.3) is 10.0 Å². The van der Waals surface area contributed by atoms with Crippen LogP contribution < -0.4 is 28.6 Å². The molecule has 0 saturated heterocycles. The van der Waals surface area contributed by atoms with E-state index in [1.54, 1.807) is 51.3 Å². The van der Waals surface area contributed by atoms with Crippen molar-refractivity contribution in [2.24, 2.45) is 0 Å². The number of benzene rings is 3. The minimum absolute atomic E-state index is 0.0258. The summed E-state index contributed by atoms with van der Waals surface area (Å²) in [4.78, 5) is 28.1. The van der Waals surface area contributed by atoms with Gasteiger partial charge in [0, 0.05) is 24.2 Å². The molecule has 232 valence electrons. The number of sulfonamides is 1. The van der Waals surface area contributed by atoms with Gasteiger partial charge in [-0.2, -0.15) is 0 Å². The van der Waals surface area contributed by atoms with E-state index in [1.165, 1.54) is 56.6 Å². The summed E-state index contributed by atoms with van der Waals surface area (Å²) >= 11 is 6.29. The zero-order chi connectivity index (χ0) is 31.7. The molecule has 0 bridgehead atoms. The number of hydrogen-bond donors (Lipinski definition) is 1. The van der Waals surface area contributed by atoms with Crippen LogP contribution in [-0.4, -0.2) is 72.7 Å². The Kier molecular flexibility index (Phi) is 11.5. The topological polar surface area (TPSA) is 124 Å². The van der Waals surface area contributed by atoms with Gasteiger partial charge in [-0.1, -0.05) is 23.7 Å². The number of hydrogen-bond acceptors (Lipinski definition) is 8. The van der Waals surface area contributed by atoms with E-state index < -0.39 is 28.5 Å². The molecule has 0 aromatic heterocycles. The van der Waals surface area contributed by atoms with E-state index >= 15 is 0 Å². The molecule has 0 spiro atoms. The molecule has 0 aliphatic heterocycles. The quantitative estimate of drug-likeness (QED) is 0.281. The van der Waals surface area contributed by atoms with E-state index in [9.17, 15) is 18.0 Å². The Morgan fingerprint density at radius 1 is 0.860 bits per heavy atom. The van der Waals surface area contributed by atoms with Crippen LogP contribution in [0.2, 0.25) is 5.02 Å². The largest absolute Gasteiger partial charge is 0.497 e. The minimum atomic E-state index is -4.43. The van der Waals surface area contributed by atoms with Crippen molar-refractivity contribution < 1.29 is 37.0 Å². The number of ether oxygens (including phenoxy) is 4. The monoisotopic (exact) mass is 633 g/mol. The summed E-state index contributed by atoms with van der Waals surface area (Å²) in [5.74, 6) is 0.266. The highest BCUT2D eigenvalue weighted by molar-refractivity contribution is 7.92. The van der Waals surface area contributed by atoms with Gasteiger partial charge in [-0.05, 0) is 61.9 Å². The lowest BCUT2D eigenvalue weighted by Gasteiger charge is -2.32. The van der Waals surface area contributed by atoms with Crippen LogP contribution in [0.3, 0.4) is 0 Å². The average Bonchev–Trinajstić information content (AvgIpc) is 3.01. The maximum Gasteiger partial charge on any atom is 0.265 e. The smallest absolute Gasteiger partial charge is 0.265 e. The maximum atomic E-state index is 14.2. The number of carbonyl (C=O) groups excluding carboxylic acids is 2. The Hall–Kier alpha value is -4.16. The van der Waals surface area contributed by atoms with Crippen molar-refractivity contribution in [1.82, 2.24) is 10.2 Å². The van der Waals surface area contributed by atoms with Crippen LogP contribution in [0.25, 0.3) is 0 Å². The second-order valence-corrected chi connectivity index (χ2v) is 11.6. The Balaban J connectivity index is 2.14. The molecule has 3 rings (SSSR count). The number of amides is 2. The lowest BCUT2D eigenvalue weighted by molar-refractivity contribution is -0.139. The fourth-order valence-corrected chi connectivity index (χ4v) is 5.91. The fourth-order valence-electron chi connectivity index (χ4n) is 4.31. The highest BCUT2D eigenvalue weighted by atomic mass is 35.5. The van der Waals surface area contributed by atoms with Crippen molar-refractivity contribution in [1.29, 1.82) is 0 Å². The van der Waals surface area contributed by atoms with E-state index in [2.05, 4.69) is 5.32 Å². The van der Waals surface area contributed by atoms with Crippen LogP contribution in [0, 0.1) is 0 Å². The van der Waals surface area contributed by atoms with Crippen molar-refractivity contribution >= 4 is 39.1 Å². The molecule has 0 radical (unpaired) electrons. The molecule has 0 fully saturated rings. The third-order valence-corrected chi connectivity index (χ3v) is 8.65. The van der Waals surface area contributed by atoms with Crippen molar-refractivity contribution in [3.05, 3.63) is 71.2 Å². The number of likely N-dealkylation sites (N-methyl/N-ethyl adjacent to an activating group) is 1. The lowest BCUT2D eigenvalue weighted by atomic mass is 10.1. The fraction of sp³-hybridized carbons (Fsp3) is 0.333. The second-order valence-electron chi connectivity index (χ2n) is 9.28. The molecule has 3 aromatic carbocycles. The van der Waals surface area contributed by atoms with Gasteiger partial charge < -0.3 is 29.2 Å². The van der Waals surface area contributed by atoms with Gasteiger partial charge in [-0.15, -0.1) is 0 Å². The molecule has 0 heterocycles. The molecule has 2 amide bonds. The zero-order valence-corrected chi connectivity index (χ0v) is 26.5. The summed E-state index contributed by atoms with van der Waals surface area (Å²) in [6.45, 7) is 3.06. The van der Waals surface area contributed by atoms with Crippen molar-refractivity contribution in [2.45, 2.75) is 31.3 Å². The molecule has 11 nitrogen and oxygen atoms in total. The molecule has 13 heteroatoms. The maximum absolute atomic E-state index is 14.2. The Bertz CT molecular complexity index is 1530. The van der Waals surface area contributed by atoms with E-state index in [-0.39, 0.29) is 39.6 Å². The summed E-state index contributed by atoms with van der Waals surface area (Å²) in [5, 5.41) is 2.95. The molecule has 3 aromatic rings. The SMILES string of the molecule is CCNC(=O)[C@H](C)N(Cc1ccc(OC)cc1)C(=O)CN(c1cc(Cl)ccc1OC)S(=O)(=O)c1ccc(OC)c(OC)c1. The van der Waals surface area contributed by atoms with Gasteiger partial charge in [-0.3, -0.25) is 13.9 Å². The van der Waals surface area contributed by atoms with E-state index in [1.807, 2.05) is 0 Å². The molecule has 0 unspecified atom stereocenters. The standard InChI is InChI=1S/C30H36ClN3O8S/c1-7-32-30(36)20(2)33(18-21-8-11-23(39-3)12-9-21)29(35)19-34(25-16-22(31)10-14-26(25)40-4)43(37,38)24-13-15-27(41-5)28(17-24)42-6/h8-17,20H,7,18-19H2,1-6H3,(H,32,36)/t20-/m0/s1. The summed E-state index contributed by atoms with van der Waals surface area (Å²) < 4.78 is 50.7. The number of rotatable bonds is 14. The lowest BCUT2D eigenvalue weighted by Crippen LogP contribution is -2.51. The third-order valence-electron chi connectivity index (χ3n) is 6.66. The number of nitrogens with one attached hydrogen (secondary N) is 1. The van der Waals surface area contributed by atoms with Gasteiger partial charge in [0.05, 0.1) is 39.0 Å². The zero-order valence-electron chi connectivity index (χ0n) is 24.9. The predicted octanol–water partition coefficient (Wildman–Crippen LogP) is 4.12. The van der Waals surface area contributed by atoms with Gasteiger partial charge in [0.2, 0.25) is 11.8 Å². The van der Waals surface area contributed by atoms with Crippen molar-refractivity contribution in [3.8, 4) is 23.0 Å². The molecular formula is C30H36ClN3O8S. The van der Waals surface area contributed by atoms with Gasteiger partial charge in [-0.25, -0.2) is 8.42 Å². The molecule has 0 aliphatic rings. The summed E-state index contributed by atoms with van der Waals surface area (Å²) in [5.41, 5.74) is 0.744. The molecule has 0 aliphatic carbocycles. The van der Waals surface area contributed by atoms with E-state index in [0.29, 0.717) is 23.6 Å². The molecular weight excluding hydrogens is 598 g/mol. The summed E-state index contributed by atoms with van der Waals surface area (Å²) in [7, 11) is 1.30. The summed E-state index contributed by atoms with van der Waals surface area (Å²) in [6, 6.07) is 14.6. The summed E-state index contributed by atoms with van der Waals surface area (Å²) in [6.07, 6.45) is 0. The van der Waals surface area contributed by atoms with Crippen LogP contribution in [0.4, 0.5) is 5.69 Å². The normalized spacial score (nSPS) is 11.7. The third kappa shape index (κ3) is 7.82. The van der Waals surface area contributed by atoms with Gasteiger partial charge >= 0.3 is 0 Å². The van der Waals surface area contributed by atoms with Crippen LogP contribution in [-0.2, 0) is 26.2 Å². The first-order valence-electron chi connectivity index (χ1n) is 13.3. The molecule has 0 saturated carbocycles. The number of methoxy groups -OCH3 is 4.